The average molecular weight is 300 g/mol. The van der Waals surface area contributed by atoms with E-state index in [-0.39, 0.29) is 5.91 Å². The van der Waals surface area contributed by atoms with Crippen LogP contribution in [0.2, 0.25) is 0 Å². The van der Waals surface area contributed by atoms with Crippen molar-refractivity contribution in [2.45, 2.75) is 38.8 Å². The zero-order valence-corrected chi connectivity index (χ0v) is 11.9. The topological polar surface area (TPSA) is 49.3 Å². The zero-order valence-electron chi connectivity index (χ0n) is 10.3. The number of carbonyl (C=O) groups is 1. The third-order valence-corrected chi connectivity index (χ3v) is 3.25. The molecule has 0 aliphatic carbocycles. The number of aliphatic hydroxyl groups excluding tert-OH is 1. The lowest BCUT2D eigenvalue weighted by atomic mass is 9.98. The maximum absolute atomic E-state index is 11.8. The van der Waals surface area contributed by atoms with Crippen molar-refractivity contribution in [3.8, 4) is 0 Å². The van der Waals surface area contributed by atoms with Crippen LogP contribution in [-0.2, 0) is 11.2 Å². The molecule has 1 amide bonds. The molecule has 0 bridgehead atoms. The van der Waals surface area contributed by atoms with E-state index >= 15 is 0 Å². The van der Waals surface area contributed by atoms with Gasteiger partial charge in [0.2, 0.25) is 5.91 Å². The van der Waals surface area contributed by atoms with Crippen LogP contribution in [0.15, 0.2) is 28.7 Å². The van der Waals surface area contributed by atoms with Gasteiger partial charge in [0.1, 0.15) is 0 Å². The number of hydrogen-bond donors (Lipinski definition) is 2. The minimum Gasteiger partial charge on any atom is -0.391 e. The third-order valence-electron chi connectivity index (χ3n) is 2.76. The highest BCUT2D eigenvalue weighted by Gasteiger charge is 2.25. The summed E-state index contributed by atoms with van der Waals surface area (Å²) >= 11 is 3.36. The number of nitrogens with one attached hydrogen (secondary N) is 1. The van der Waals surface area contributed by atoms with E-state index in [0.29, 0.717) is 6.42 Å². The molecule has 0 heterocycles. The number of rotatable bonds is 4. The molecule has 0 aliphatic rings. The molecule has 0 saturated carbocycles. The molecule has 1 aromatic rings. The van der Waals surface area contributed by atoms with Gasteiger partial charge in [-0.05, 0) is 38.5 Å². The zero-order chi connectivity index (χ0) is 13.1. The van der Waals surface area contributed by atoms with E-state index in [2.05, 4.69) is 21.2 Å². The molecule has 2 N–H and O–H groups in total. The molecule has 0 radical (unpaired) electrons. The Morgan fingerprint density at radius 2 is 2.18 bits per heavy atom. The minimum atomic E-state index is -0.608. The fourth-order valence-electron chi connectivity index (χ4n) is 1.34. The van der Waals surface area contributed by atoms with Gasteiger partial charge in [0.05, 0.1) is 18.1 Å². The molecule has 0 aromatic heterocycles. The number of halogens is 1. The summed E-state index contributed by atoms with van der Waals surface area (Å²) in [6.45, 7) is 5.27. The van der Waals surface area contributed by atoms with E-state index in [9.17, 15) is 9.90 Å². The highest BCUT2D eigenvalue weighted by atomic mass is 79.9. The van der Waals surface area contributed by atoms with Gasteiger partial charge in [0.15, 0.2) is 0 Å². The molecule has 1 atom stereocenters. The van der Waals surface area contributed by atoms with E-state index in [1.807, 2.05) is 24.3 Å². The first kappa shape index (κ1) is 14.2. The Bertz CT molecular complexity index is 402. The molecule has 1 aromatic carbocycles. The highest BCUT2D eigenvalue weighted by Crippen LogP contribution is 2.13. The first-order valence-electron chi connectivity index (χ1n) is 5.55. The Kier molecular flexibility index (Phi) is 4.71. The third kappa shape index (κ3) is 4.48. The lowest BCUT2D eigenvalue weighted by Gasteiger charge is -2.29. The van der Waals surface area contributed by atoms with Crippen molar-refractivity contribution in [3.05, 3.63) is 34.3 Å². The van der Waals surface area contributed by atoms with E-state index in [4.69, 9.17) is 0 Å². The van der Waals surface area contributed by atoms with Crippen molar-refractivity contribution >= 4 is 21.8 Å². The maximum atomic E-state index is 11.8. The first-order valence-corrected chi connectivity index (χ1v) is 6.34. The van der Waals surface area contributed by atoms with Gasteiger partial charge >= 0.3 is 0 Å². The lowest BCUT2D eigenvalue weighted by Crippen LogP contribution is -2.51. The summed E-state index contributed by atoms with van der Waals surface area (Å²) in [4.78, 5) is 11.8. The molecule has 17 heavy (non-hydrogen) atoms. The molecule has 0 fully saturated rings. The summed E-state index contributed by atoms with van der Waals surface area (Å²) in [5, 5.41) is 12.3. The minimum absolute atomic E-state index is 0.0889. The van der Waals surface area contributed by atoms with Crippen LogP contribution in [0.1, 0.15) is 26.3 Å². The Hall–Kier alpha value is -0.870. The molecule has 0 saturated heterocycles. The molecular formula is C13H18BrNO2. The second kappa shape index (κ2) is 5.65. The standard InChI is InChI=1S/C13H18BrNO2/c1-9(16)13(2,3)15-12(17)8-10-5-4-6-11(14)7-10/h4-7,9,16H,8H2,1-3H3,(H,15,17). The van der Waals surface area contributed by atoms with Crippen LogP contribution in [-0.4, -0.2) is 22.7 Å². The van der Waals surface area contributed by atoms with Crippen molar-refractivity contribution in [3.63, 3.8) is 0 Å². The van der Waals surface area contributed by atoms with Crippen LogP contribution >= 0.6 is 15.9 Å². The second-order valence-corrected chi connectivity index (χ2v) is 5.67. The summed E-state index contributed by atoms with van der Waals surface area (Å²) in [5.41, 5.74) is 0.335. The molecule has 4 heteroatoms. The van der Waals surface area contributed by atoms with Gasteiger partial charge in [-0.3, -0.25) is 4.79 Å². The van der Waals surface area contributed by atoms with Gasteiger partial charge in [-0.25, -0.2) is 0 Å². The quantitative estimate of drug-likeness (QED) is 0.896. The average Bonchev–Trinajstić information content (AvgIpc) is 2.15. The van der Waals surface area contributed by atoms with Crippen molar-refractivity contribution in [1.82, 2.24) is 5.32 Å². The van der Waals surface area contributed by atoms with Crippen molar-refractivity contribution in [2.75, 3.05) is 0 Å². The summed E-state index contributed by atoms with van der Waals surface area (Å²) in [5.74, 6) is -0.0889. The van der Waals surface area contributed by atoms with Crippen LogP contribution in [0.5, 0.6) is 0 Å². The van der Waals surface area contributed by atoms with Crippen molar-refractivity contribution in [1.29, 1.82) is 0 Å². The summed E-state index contributed by atoms with van der Waals surface area (Å²) < 4.78 is 0.956. The van der Waals surface area contributed by atoms with Gasteiger partial charge < -0.3 is 10.4 Å². The largest absolute Gasteiger partial charge is 0.391 e. The number of aliphatic hydroxyl groups is 1. The van der Waals surface area contributed by atoms with Crippen molar-refractivity contribution < 1.29 is 9.90 Å². The molecular weight excluding hydrogens is 282 g/mol. The Labute approximate surface area is 110 Å². The lowest BCUT2D eigenvalue weighted by molar-refractivity contribution is -0.123. The van der Waals surface area contributed by atoms with Crippen LogP contribution in [0, 0.1) is 0 Å². The summed E-state index contributed by atoms with van der Waals surface area (Å²) in [7, 11) is 0. The normalized spacial score (nSPS) is 13.2. The summed E-state index contributed by atoms with van der Waals surface area (Å²) in [6.07, 6.45) is -0.274. The fraction of sp³-hybridized carbons (Fsp3) is 0.462. The second-order valence-electron chi connectivity index (χ2n) is 4.75. The van der Waals surface area contributed by atoms with Gasteiger partial charge in [0, 0.05) is 4.47 Å². The molecule has 1 rings (SSSR count). The maximum Gasteiger partial charge on any atom is 0.224 e. The molecule has 3 nitrogen and oxygen atoms in total. The number of amides is 1. The first-order chi connectivity index (χ1) is 7.81. The molecule has 1 unspecified atom stereocenters. The number of carbonyl (C=O) groups excluding carboxylic acids is 1. The number of hydrogen-bond acceptors (Lipinski definition) is 2. The smallest absolute Gasteiger partial charge is 0.224 e. The Balaban J connectivity index is 2.62. The predicted molar refractivity (Wildman–Crippen MR) is 71.7 cm³/mol. The van der Waals surface area contributed by atoms with E-state index in [0.717, 1.165) is 10.0 Å². The van der Waals surface area contributed by atoms with Crippen LogP contribution in [0.4, 0.5) is 0 Å². The van der Waals surface area contributed by atoms with E-state index in [1.54, 1.807) is 20.8 Å². The SMILES string of the molecule is CC(O)C(C)(C)NC(=O)Cc1cccc(Br)c1. The van der Waals surface area contributed by atoms with Crippen molar-refractivity contribution in [2.24, 2.45) is 0 Å². The summed E-state index contributed by atoms with van der Waals surface area (Å²) in [6, 6.07) is 7.63. The van der Waals surface area contributed by atoms with Gasteiger partial charge in [-0.1, -0.05) is 28.1 Å². The van der Waals surface area contributed by atoms with Crippen LogP contribution < -0.4 is 5.32 Å². The van der Waals surface area contributed by atoms with Crippen LogP contribution in [0.3, 0.4) is 0 Å². The fourth-order valence-corrected chi connectivity index (χ4v) is 1.79. The molecule has 94 valence electrons. The van der Waals surface area contributed by atoms with Gasteiger partial charge in [-0.15, -0.1) is 0 Å². The van der Waals surface area contributed by atoms with Gasteiger partial charge in [0.25, 0.3) is 0 Å². The highest BCUT2D eigenvalue weighted by molar-refractivity contribution is 9.10. The Morgan fingerprint density at radius 3 is 2.71 bits per heavy atom. The van der Waals surface area contributed by atoms with Crippen LogP contribution in [0.25, 0.3) is 0 Å². The monoisotopic (exact) mass is 299 g/mol. The molecule has 0 aliphatic heterocycles. The predicted octanol–water partition coefficient (Wildman–Crippen LogP) is 2.27. The van der Waals surface area contributed by atoms with Gasteiger partial charge in [-0.2, -0.15) is 0 Å². The van der Waals surface area contributed by atoms with E-state index < -0.39 is 11.6 Å². The Morgan fingerprint density at radius 1 is 1.53 bits per heavy atom. The van der Waals surface area contributed by atoms with E-state index in [1.165, 1.54) is 0 Å². The number of benzene rings is 1. The molecule has 0 spiro atoms.